The van der Waals surface area contributed by atoms with Crippen molar-refractivity contribution in [1.29, 1.82) is 0 Å². The van der Waals surface area contributed by atoms with Crippen molar-refractivity contribution in [3.05, 3.63) is 45.4 Å². The Kier molecular flexibility index (Phi) is 5.41. The van der Waals surface area contributed by atoms with E-state index in [4.69, 9.17) is 23.2 Å². The van der Waals surface area contributed by atoms with Gasteiger partial charge in [0.2, 0.25) is 21.7 Å². The van der Waals surface area contributed by atoms with Gasteiger partial charge in [0.05, 0.1) is 34.7 Å². The largest absolute Gasteiger partial charge is 0.491 e. The van der Waals surface area contributed by atoms with Gasteiger partial charge in [-0.25, -0.2) is 17.2 Å². The van der Waals surface area contributed by atoms with Crippen LogP contribution in [0.4, 0.5) is 23.2 Å². The van der Waals surface area contributed by atoms with Crippen LogP contribution in [-0.4, -0.2) is 21.8 Å². The molecule has 0 saturated carbocycles. The molecule has 0 radical (unpaired) electrons. The Bertz CT molecular complexity index is 938. The SMILES string of the molecule is COc1c(F)c(F)c(-c2cc(NS(C)(=O)=O)c(Cl)cc2Cl)c(F)c1F. The molecule has 136 valence electrons. The van der Waals surface area contributed by atoms with E-state index in [1.165, 1.54) is 0 Å². The zero-order valence-electron chi connectivity index (χ0n) is 12.6. The lowest BCUT2D eigenvalue weighted by Gasteiger charge is -2.14. The van der Waals surface area contributed by atoms with Crippen molar-refractivity contribution in [3.8, 4) is 16.9 Å². The summed E-state index contributed by atoms with van der Waals surface area (Å²) in [5, 5.41) is -0.541. The summed E-state index contributed by atoms with van der Waals surface area (Å²) in [6.07, 6.45) is 0.811. The van der Waals surface area contributed by atoms with Gasteiger partial charge in [0.25, 0.3) is 0 Å². The predicted octanol–water partition coefficient (Wildman–Crippen LogP) is 4.60. The molecule has 0 spiro atoms. The summed E-state index contributed by atoms with van der Waals surface area (Å²) in [5.41, 5.74) is -1.92. The first-order valence-electron chi connectivity index (χ1n) is 6.35. The fourth-order valence-corrected chi connectivity index (χ4v) is 3.20. The Labute approximate surface area is 150 Å². The Morgan fingerprint density at radius 1 is 0.960 bits per heavy atom. The van der Waals surface area contributed by atoms with Crippen LogP contribution in [0.25, 0.3) is 11.1 Å². The van der Waals surface area contributed by atoms with Gasteiger partial charge < -0.3 is 4.74 Å². The third-order valence-corrected chi connectivity index (χ3v) is 4.26. The molecule has 0 unspecified atom stereocenters. The van der Waals surface area contributed by atoms with Gasteiger partial charge >= 0.3 is 0 Å². The first-order chi connectivity index (χ1) is 11.5. The number of sulfonamides is 1. The first kappa shape index (κ1) is 19.6. The van der Waals surface area contributed by atoms with E-state index in [0.717, 1.165) is 25.5 Å². The van der Waals surface area contributed by atoms with Crippen LogP contribution in [0.3, 0.4) is 0 Å². The van der Waals surface area contributed by atoms with Crippen LogP contribution < -0.4 is 9.46 Å². The molecule has 4 nitrogen and oxygen atoms in total. The first-order valence-corrected chi connectivity index (χ1v) is 8.99. The van der Waals surface area contributed by atoms with Crippen LogP contribution in [0.5, 0.6) is 5.75 Å². The molecule has 0 aliphatic rings. The van der Waals surface area contributed by atoms with Crippen molar-refractivity contribution in [2.75, 3.05) is 18.1 Å². The maximum absolute atomic E-state index is 14.2. The molecule has 0 aliphatic carbocycles. The monoisotopic (exact) mass is 417 g/mol. The average Bonchev–Trinajstić information content (AvgIpc) is 2.49. The van der Waals surface area contributed by atoms with Crippen molar-refractivity contribution >= 4 is 38.9 Å². The summed E-state index contributed by atoms with van der Waals surface area (Å²) in [7, 11) is -2.96. The summed E-state index contributed by atoms with van der Waals surface area (Å²) in [4.78, 5) is 0. The lowest BCUT2D eigenvalue weighted by molar-refractivity contribution is 0.334. The summed E-state index contributed by atoms with van der Waals surface area (Å²) < 4.78 is 85.2. The second-order valence-corrected chi connectivity index (χ2v) is 7.41. The van der Waals surface area contributed by atoms with Crippen LogP contribution in [-0.2, 0) is 10.0 Å². The lowest BCUT2D eigenvalue weighted by Crippen LogP contribution is -2.10. The van der Waals surface area contributed by atoms with Crippen molar-refractivity contribution < 1.29 is 30.7 Å². The molecular weight excluding hydrogens is 409 g/mol. The second kappa shape index (κ2) is 6.89. The highest BCUT2D eigenvalue weighted by Crippen LogP contribution is 2.41. The Morgan fingerprint density at radius 3 is 1.92 bits per heavy atom. The minimum absolute atomic E-state index is 0.186. The number of anilines is 1. The highest BCUT2D eigenvalue weighted by molar-refractivity contribution is 7.92. The quantitative estimate of drug-likeness (QED) is 0.584. The molecule has 2 aromatic rings. The van der Waals surface area contributed by atoms with E-state index in [9.17, 15) is 26.0 Å². The van der Waals surface area contributed by atoms with E-state index < -0.39 is 50.2 Å². The topological polar surface area (TPSA) is 55.4 Å². The molecule has 0 fully saturated rings. The summed E-state index contributed by atoms with van der Waals surface area (Å²) in [6, 6.07) is 1.84. The number of hydrogen-bond acceptors (Lipinski definition) is 3. The second-order valence-electron chi connectivity index (χ2n) is 4.85. The van der Waals surface area contributed by atoms with Crippen molar-refractivity contribution in [2.24, 2.45) is 0 Å². The number of rotatable bonds is 4. The molecule has 11 heteroatoms. The fourth-order valence-electron chi connectivity index (χ4n) is 2.05. The van der Waals surface area contributed by atoms with E-state index in [0.29, 0.717) is 0 Å². The Morgan fingerprint density at radius 2 is 1.48 bits per heavy atom. The third-order valence-electron chi connectivity index (χ3n) is 3.05. The zero-order valence-corrected chi connectivity index (χ0v) is 14.9. The van der Waals surface area contributed by atoms with E-state index >= 15 is 0 Å². The van der Waals surface area contributed by atoms with Crippen LogP contribution >= 0.6 is 23.2 Å². The highest BCUT2D eigenvalue weighted by Gasteiger charge is 2.28. The Hall–Kier alpha value is -1.71. The Balaban J connectivity index is 2.81. The van der Waals surface area contributed by atoms with Crippen molar-refractivity contribution in [3.63, 3.8) is 0 Å². The number of benzene rings is 2. The van der Waals surface area contributed by atoms with Gasteiger partial charge in [-0.2, -0.15) is 8.78 Å². The molecule has 0 bridgehead atoms. The molecule has 25 heavy (non-hydrogen) atoms. The zero-order chi connectivity index (χ0) is 19.1. The molecule has 0 amide bonds. The summed E-state index contributed by atoms with van der Waals surface area (Å²) in [6.45, 7) is 0. The maximum Gasteiger partial charge on any atom is 0.229 e. The smallest absolute Gasteiger partial charge is 0.229 e. The van der Waals surface area contributed by atoms with Crippen LogP contribution in [0.2, 0.25) is 10.0 Å². The van der Waals surface area contributed by atoms with Crippen molar-refractivity contribution in [1.82, 2.24) is 0 Å². The summed E-state index contributed by atoms with van der Waals surface area (Å²) in [5.74, 6) is -8.28. The normalized spacial score (nSPS) is 11.5. The third kappa shape index (κ3) is 3.78. The van der Waals surface area contributed by atoms with E-state index in [1.807, 2.05) is 4.72 Å². The number of halogens is 6. The molecule has 0 heterocycles. The van der Waals surface area contributed by atoms with Gasteiger partial charge in [0.1, 0.15) is 0 Å². The number of nitrogens with one attached hydrogen (secondary N) is 1. The van der Waals surface area contributed by atoms with Gasteiger partial charge in [-0.05, 0) is 12.1 Å². The van der Waals surface area contributed by atoms with Crippen LogP contribution in [0.15, 0.2) is 12.1 Å². The lowest BCUT2D eigenvalue weighted by atomic mass is 10.0. The average molecular weight is 418 g/mol. The highest BCUT2D eigenvalue weighted by atomic mass is 35.5. The number of ether oxygens (including phenoxy) is 1. The fraction of sp³-hybridized carbons (Fsp3) is 0.143. The van der Waals surface area contributed by atoms with Gasteiger partial charge in [-0.3, -0.25) is 4.72 Å². The predicted molar refractivity (Wildman–Crippen MR) is 86.7 cm³/mol. The van der Waals surface area contributed by atoms with Gasteiger partial charge in [-0.15, -0.1) is 0 Å². The van der Waals surface area contributed by atoms with Gasteiger partial charge in [0, 0.05) is 5.56 Å². The van der Waals surface area contributed by atoms with Gasteiger partial charge in [-0.1, -0.05) is 23.2 Å². The van der Waals surface area contributed by atoms with Crippen LogP contribution in [0, 0.1) is 23.3 Å². The number of hydrogen-bond donors (Lipinski definition) is 1. The molecule has 0 atom stereocenters. The molecule has 0 saturated heterocycles. The van der Waals surface area contributed by atoms with E-state index in [1.54, 1.807) is 0 Å². The van der Waals surface area contributed by atoms with Crippen LogP contribution in [0.1, 0.15) is 0 Å². The molecular formula is C14H9Cl2F4NO3S. The van der Waals surface area contributed by atoms with E-state index in [-0.39, 0.29) is 15.7 Å². The minimum Gasteiger partial charge on any atom is -0.491 e. The van der Waals surface area contributed by atoms with Crippen molar-refractivity contribution in [2.45, 2.75) is 0 Å². The van der Waals surface area contributed by atoms with E-state index in [2.05, 4.69) is 4.74 Å². The molecule has 0 aromatic heterocycles. The van der Waals surface area contributed by atoms with Gasteiger partial charge in [0.15, 0.2) is 17.4 Å². The summed E-state index contributed by atoms with van der Waals surface area (Å²) >= 11 is 11.7. The molecule has 0 aliphatic heterocycles. The minimum atomic E-state index is -3.79. The maximum atomic E-state index is 14.2. The molecule has 2 aromatic carbocycles. The molecule has 1 N–H and O–H groups in total. The number of methoxy groups -OCH3 is 1. The standard InChI is InChI=1S/C14H9Cl2F4NO3S/c1-24-14-12(19)10(17)9(11(18)13(14)20)5-3-8(21-25(2,22)23)7(16)4-6(5)15/h3-4,21H,1-2H3. The molecule has 2 rings (SSSR count).